The third-order valence-electron chi connectivity index (χ3n) is 5.58. The highest BCUT2D eigenvalue weighted by atomic mass is 16.3. The summed E-state index contributed by atoms with van der Waals surface area (Å²) in [4.78, 5) is 0. The molecule has 110 valence electrons. The molecule has 1 saturated carbocycles. The minimum atomic E-state index is 0.340. The molecule has 0 aromatic heterocycles. The SMILES string of the molecule is Cc1ccc(O)c2c1C(C)CC2NCC1CCCC1C. The van der Waals surface area contributed by atoms with Crippen molar-refractivity contribution in [1.82, 2.24) is 5.32 Å². The van der Waals surface area contributed by atoms with Crippen molar-refractivity contribution in [3.05, 3.63) is 28.8 Å². The number of fused-ring (bicyclic) bond motifs is 1. The van der Waals surface area contributed by atoms with Gasteiger partial charge < -0.3 is 10.4 Å². The van der Waals surface area contributed by atoms with Crippen molar-refractivity contribution < 1.29 is 5.11 Å². The molecule has 0 saturated heterocycles. The first-order chi connectivity index (χ1) is 9.58. The molecule has 20 heavy (non-hydrogen) atoms. The lowest BCUT2D eigenvalue weighted by Crippen LogP contribution is -2.27. The third-order valence-corrected chi connectivity index (χ3v) is 5.58. The fourth-order valence-electron chi connectivity index (χ4n) is 4.35. The van der Waals surface area contributed by atoms with Crippen LogP contribution in [-0.4, -0.2) is 11.7 Å². The van der Waals surface area contributed by atoms with Crippen molar-refractivity contribution in [3.63, 3.8) is 0 Å². The first kappa shape index (κ1) is 13.9. The second kappa shape index (κ2) is 5.40. The topological polar surface area (TPSA) is 32.3 Å². The molecule has 0 bridgehead atoms. The number of aromatic hydroxyl groups is 1. The lowest BCUT2D eigenvalue weighted by molar-refractivity contribution is 0.360. The molecule has 4 unspecified atom stereocenters. The van der Waals surface area contributed by atoms with E-state index in [4.69, 9.17) is 0 Å². The zero-order valence-electron chi connectivity index (χ0n) is 12.9. The Morgan fingerprint density at radius 1 is 1.20 bits per heavy atom. The Morgan fingerprint density at radius 3 is 2.70 bits per heavy atom. The Labute approximate surface area is 122 Å². The number of hydrogen-bond donors (Lipinski definition) is 2. The maximum atomic E-state index is 10.2. The molecule has 1 aromatic carbocycles. The minimum absolute atomic E-state index is 0.340. The van der Waals surface area contributed by atoms with Crippen LogP contribution < -0.4 is 5.32 Å². The van der Waals surface area contributed by atoms with Crippen molar-refractivity contribution >= 4 is 0 Å². The van der Waals surface area contributed by atoms with E-state index >= 15 is 0 Å². The van der Waals surface area contributed by atoms with E-state index in [0.29, 0.717) is 17.7 Å². The zero-order valence-corrected chi connectivity index (χ0v) is 12.9. The van der Waals surface area contributed by atoms with Crippen LogP contribution >= 0.6 is 0 Å². The van der Waals surface area contributed by atoms with E-state index in [0.717, 1.165) is 24.8 Å². The van der Waals surface area contributed by atoms with Crippen molar-refractivity contribution in [1.29, 1.82) is 0 Å². The number of aryl methyl sites for hydroxylation is 1. The van der Waals surface area contributed by atoms with E-state index in [9.17, 15) is 5.11 Å². The number of nitrogens with one attached hydrogen (secondary N) is 1. The van der Waals surface area contributed by atoms with Crippen LogP contribution in [0.4, 0.5) is 0 Å². The molecule has 0 aliphatic heterocycles. The maximum absolute atomic E-state index is 10.2. The van der Waals surface area contributed by atoms with Gasteiger partial charge in [-0.15, -0.1) is 0 Å². The van der Waals surface area contributed by atoms with E-state index < -0.39 is 0 Å². The molecule has 2 heteroatoms. The molecule has 4 atom stereocenters. The van der Waals surface area contributed by atoms with Crippen LogP contribution in [-0.2, 0) is 0 Å². The summed E-state index contributed by atoms with van der Waals surface area (Å²) in [6.45, 7) is 7.93. The predicted octanol–water partition coefficient (Wildman–Crippen LogP) is 4.27. The molecular weight excluding hydrogens is 246 g/mol. The molecular formula is C18H27NO. The van der Waals surface area contributed by atoms with Gasteiger partial charge in [-0.1, -0.05) is 32.8 Å². The summed E-state index contributed by atoms with van der Waals surface area (Å²) in [6, 6.07) is 4.25. The van der Waals surface area contributed by atoms with Crippen LogP contribution in [0.25, 0.3) is 0 Å². The monoisotopic (exact) mass is 273 g/mol. The van der Waals surface area contributed by atoms with Gasteiger partial charge in [0.05, 0.1) is 0 Å². The highest BCUT2D eigenvalue weighted by Crippen LogP contribution is 2.46. The summed E-state index contributed by atoms with van der Waals surface area (Å²) < 4.78 is 0. The zero-order chi connectivity index (χ0) is 14.3. The van der Waals surface area contributed by atoms with E-state index in [2.05, 4.69) is 26.1 Å². The van der Waals surface area contributed by atoms with Gasteiger partial charge in [-0.2, -0.15) is 0 Å². The molecule has 0 spiro atoms. The van der Waals surface area contributed by atoms with Gasteiger partial charge in [0.15, 0.2) is 0 Å². The fourth-order valence-corrected chi connectivity index (χ4v) is 4.35. The van der Waals surface area contributed by atoms with Gasteiger partial charge >= 0.3 is 0 Å². The molecule has 2 aliphatic rings. The summed E-state index contributed by atoms with van der Waals surface area (Å²) in [5, 5.41) is 14.0. The molecule has 0 radical (unpaired) electrons. The quantitative estimate of drug-likeness (QED) is 0.861. The predicted molar refractivity (Wildman–Crippen MR) is 83.1 cm³/mol. The van der Waals surface area contributed by atoms with Gasteiger partial charge in [0.1, 0.15) is 5.75 Å². The van der Waals surface area contributed by atoms with Gasteiger partial charge in [-0.25, -0.2) is 0 Å². The number of phenols is 1. The van der Waals surface area contributed by atoms with Crippen molar-refractivity contribution in [2.45, 2.75) is 58.4 Å². The van der Waals surface area contributed by atoms with Crippen LogP contribution in [0.5, 0.6) is 5.75 Å². The number of benzene rings is 1. The van der Waals surface area contributed by atoms with Gasteiger partial charge in [-0.05, 0) is 61.3 Å². The summed E-state index contributed by atoms with van der Waals surface area (Å²) in [6.07, 6.45) is 5.25. The Kier molecular flexibility index (Phi) is 3.76. The second-order valence-corrected chi connectivity index (χ2v) is 6.99. The molecule has 1 aromatic rings. The molecule has 2 aliphatic carbocycles. The Hall–Kier alpha value is -1.02. The van der Waals surface area contributed by atoms with E-state index in [1.54, 1.807) is 0 Å². The van der Waals surface area contributed by atoms with Gasteiger partial charge in [0.2, 0.25) is 0 Å². The minimum Gasteiger partial charge on any atom is -0.508 e. The standard InChI is InChI=1S/C18H27NO/c1-11-5-4-6-14(11)10-19-15-9-13(3)17-12(2)7-8-16(20)18(15)17/h7-8,11,13-15,19-20H,4-6,9-10H2,1-3H3. The fraction of sp³-hybridized carbons (Fsp3) is 0.667. The largest absolute Gasteiger partial charge is 0.508 e. The molecule has 0 heterocycles. The van der Waals surface area contributed by atoms with E-state index in [1.807, 2.05) is 12.1 Å². The second-order valence-electron chi connectivity index (χ2n) is 6.99. The summed E-state index contributed by atoms with van der Waals surface area (Å²) in [5.74, 6) is 2.70. The first-order valence-corrected chi connectivity index (χ1v) is 8.13. The molecule has 2 nitrogen and oxygen atoms in total. The summed E-state index contributed by atoms with van der Waals surface area (Å²) in [5.41, 5.74) is 3.87. The molecule has 0 amide bonds. The Bertz CT molecular complexity index is 496. The normalized spacial score (nSPS) is 32.5. The lowest BCUT2D eigenvalue weighted by atomic mass is 9.96. The highest BCUT2D eigenvalue weighted by Gasteiger charge is 2.33. The number of hydrogen-bond acceptors (Lipinski definition) is 2. The van der Waals surface area contributed by atoms with Gasteiger partial charge in [0, 0.05) is 11.6 Å². The summed E-state index contributed by atoms with van der Waals surface area (Å²) in [7, 11) is 0. The molecule has 2 N–H and O–H groups in total. The van der Waals surface area contributed by atoms with Gasteiger partial charge in [0.25, 0.3) is 0 Å². The highest BCUT2D eigenvalue weighted by molar-refractivity contribution is 5.50. The number of phenolic OH excluding ortho intramolecular Hbond substituents is 1. The van der Waals surface area contributed by atoms with E-state index in [1.165, 1.54) is 36.0 Å². The summed E-state index contributed by atoms with van der Waals surface area (Å²) >= 11 is 0. The first-order valence-electron chi connectivity index (χ1n) is 8.13. The Balaban J connectivity index is 1.76. The lowest BCUT2D eigenvalue weighted by Gasteiger charge is -2.21. The van der Waals surface area contributed by atoms with Gasteiger partial charge in [-0.3, -0.25) is 0 Å². The van der Waals surface area contributed by atoms with Crippen LogP contribution in [0, 0.1) is 18.8 Å². The van der Waals surface area contributed by atoms with Crippen LogP contribution in [0.15, 0.2) is 12.1 Å². The van der Waals surface area contributed by atoms with Crippen LogP contribution in [0.2, 0.25) is 0 Å². The maximum Gasteiger partial charge on any atom is 0.120 e. The van der Waals surface area contributed by atoms with Crippen molar-refractivity contribution in [3.8, 4) is 5.75 Å². The smallest absolute Gasteiger partial charge is 0.120 e. The average molecular weight is 273 g/mol. The van der Waals surface area contributed by atoms with Crippen molar-refractivity contribution in [2.75, 3.05) is 6.54 Å². The molecule has 3 rings (SSSR count). The Morgan fingerprint density at radius 2 is 2.00 bits per heavy atom. The van der Waals surface area contributed by atoms with Crippen LogP contribution in [0.1, 0.15) is 68.2 Å². The van der Waals surface area contributed by atoms with Crippen LogP contribution in [0.3, 0.4) is 0 Å². The van der Waals surface area contributed by atoms with E-state index in [-0.39, 0.29) is 0 Å². The third kappa shape index (κ3) is 2.35. The van der Waals surface area contributed by atoms with Crippen molar-refractivity contribution in [2.24, 2.45) is 11.8 Å². The molecule has 1 fully saturated rings. The average Bonchev–Trinajstić information content (AvgIpc) is 2.96. The number of rotatable bonds is 3.